The molecule has 110 valence electrons. The number of rotatable bonds is 2. The highest BCUT2D eigenvalue weighted by Gasteiger charge is 2.42. The summed E-state index contributed by atoms with van der Waals surface area (Å²) in [6, 6.07) is 10.4. The Morgan fingerprint density at radius 3 is 2.71 bits per heavy atom. The van der Waals surface area contributed by atoms with Gasteiger partial charge in [-0.25, -0.2) is 4.98 Å². The van der Waals surface area contributed by atoms with Crippen molar-refractivity contribution in [2.24, 2.45) is 5.41 Å². The lowest BCUT2D eigenvalue weighted by Gasteiger charge is -2.25. The number of aromatic nitrogens is 1. The predicted molar refractivity (Wildman–Crippen MR) is 85.4 cm³/mol. The van der Waals surface area contributed by atoms with Crippen LogP contribution in [0.15, 0.2) is 36.5 Å². The summed E-state index contributed by atoms with van der Waals surface area (Å²) in [4.78, 5) is 19.1. The van der Waals surface area contributed by atoms with Gasteiger partial charge in [0.25, 0.3) is 5.91 Å². The molecule has 21 heavy (non-hydrogen) atoms. The fourth-order valence-electron chi connectivity index (χ4n) is 3.07. The number of carbonyl (C=O) groups excluding carboxylic acids is 1. The summed E-state index contributed by atoms with van der Waals surface area (Å²) in [5.41, 5.74) is 6.98. The molecule has 0 aliphatic carbocycles. The molecule has 2 heterocycles. The summed E-state index contributed by atoms with van der Waals surface area (Å²) in [5.74, 6) is 0.392. The van der Waals surface area contributed by atoms with Crippen LogP contribution in [0.3, 0.4) is 0 Å². The monoisotopic (exact) mass is 301 g/mol. The number of benzene rings is 1. The van der Waals surface area contributed by atoms with Crippen LogP contribution in [-0.4, -0.2) is 28.9 Å². The van der Waals surface area contributed by atoms with Gasteiger partial charge in [-0.15, -0.1) is 0 Å². The number of nitrogen functional groups attached to an aromatic ring is 1. The Hall–Kier alpha value is -1.88. The lowest BCUT2D eigenvalue weighted by atomic mass is 9.78. The third-order valence-electron chi connectivity index (χ3n) is 4.17. The van der Waals surface area contributed by atoms with Crippen molar-refractivity contribution in [3.8, 4) is 0 Å². The SMILES string of the molecule is CC1(C)CN(C(=O)c2cnc(N)s2)C[C@@H]1c1ccccc1. The summed E-state index contributed by atoms with van der Waals surface area (Å²) in [7, 11) is 0. The molecule has 1 amide bonds. The van der Waals surface area contributed by atoms with Gasteiger partial charge in [-0.2, -0.15) is 0 Å². The highest BCUT2D eigenvalue weighted by atomic mass is 32.1. The number of thiazole rings is 1. The molecule has 1 aromatic carbocycles. The maximum Gasteiger partial charge on any atom is 0.265 e. The number of amides is 1. The van der Waals surface area contributed by atoms with Gasteiger partial charge in [0.15, 0.2) is 5.13 Å². The third-order valence-corrected chi connectivity index (χ3v) is 4.98. The van der Waals surface area contributed by atoms with Crippen molar-refractivity contribution < 1.29 is 4.79 Å². The second-order valence-electron chi connectivity index (χ2n) is 6.20. The standard InChI is InChI=1S/C16H19N3OS/c1-16(2)10-19(14(20)13-8-18-15(17)21-13)9-12(16)11-6-4-3-5-7-11/h3-8,12H,9-10H2,1-2H3,(H2,17,18)/t12-/m1/s1. The molecule has 1 saturated heterocycles. The molecule has 0 bridgehead atoms. The van der Waals surface area contributed by atoms with Gasteiger partial charge < -0.3 is 10.6 Å². The number of hydrogen-bond donors (Lipinski definition) is 1. The van der Waals surface area contributed by atoms with Crippen molar-refractivity contribution in [3.63, 3.8) is 0 Å². The fourth-order valence-corrected chi connectivity index (χ4v) is 3.73. The van der Waals surface area contributed by atoms with Crippen LogP contribution in [0, 0.1) is 5.41 Å². The first-order valence-corrected chi connectivity index (χ1v) is 7.84. The van der Waals surface area contributed by atoms with Crippen molar-refractivity contribution in [1.29, 1.82) is 0 Å². The topological polar surface area (TPSA) is 59.2 Å². The van der Waals surface area contributed by atoms with Crippen molar-refractivity contribution in [2.75, 3.05) is 18.8 Å². The Morgan fingerprint density at radius 2 is 2.10 bits per heavy atom. The van der Waals surface area contributed by atoms with E-state index in [0.29, 0.717) is 15.9 Å². The zero-order valence-electron chi connectivity index (χ0n) is 12.2. The first kappa shape index (κ1) is 14.1. The lowest BCUT2D eigenvalue weighted by Crippen LogP contribution is -2.29. The quantitative estimate of drug-likeness (QED) is 0.927. The Labute approximate surface area is 128 Å². The molecule has 2 N–H and O–H groups in total. The van der Waals surface area contributed by atoms with Crippen LogP contribution in [0.5, 0.6) is 0 Å². The molecule has 0 radical (unpaired) electrons. The second kappa shape index (κ2) is 5.15. The van der Waals surface area contributed by atoms with E-state index < -0.39 is 0 Å². The number of carbonyl (C=O) groups is 1. The van der Waals surface area contributed by atoms with Gasteiger partial charge in [0.2, 0.25) is 0 Å². The Morgan fingerprint density at radius 1 is 1.38 bits per heavy atom. The number of nitrogens with zero attached hydrogens (tertiary/aromatic N) is 2. The largest absolute Gasteiger partial charge is 0.375 e. The van der Waals surface area contributed by atoms with E-state index in [1.165, 1.54) is 16.9 Å². The smallest absolute Gasteiger partial charge is 0.265 e. The van der Waals surface area contributed by atoms with E-state index in [4.69, 9.17) is 5.73 Å². The van der Waals surface area contributed by atoms with Gasteiger partial charge in [0, 0.05) is 19.0 Å². The molecule has 1 aromatic heterocycles. The molecular weight excluding hydrogens is 282 g/mol. The summed E-state index contributed by atoms with van der Waals surface area (Å²) in [6.45, 7) is 5.94. The fraction of sp³-hybridized carbons (Fsp3) is 0.375. The van der Waals surface area contributed by atoms with Crippen molar-refractivity contribution in [3.05, 3.63) is 47.0 Å². The summed E-state index contributed by atoms with van der Waals surface area (Å²) >= 11 is 1.26. The molecule has 1 aliphatic heterocycles. The molecular formula is C16H19N3OS. The predicted octanol–water partition coefficient (Wildman–Crippen LogP) is 2.99. The van der Waals surface area contributed by atoms with Crippen LogP contribution in [0.25, 0.3) is 0 Å². The highest BCUT2D eigenvalue weighted by molar-refractivity contribution is 7.17. The minimum Gasteiger partial charge on any atom is -0.375 e. The molecule has 4 nitrogen and oxygen atoms in total. The molecule has 5 heteroatoms. The number of nitrogens with two attached hydrogens (primary N) is 1. The van der Waals surface area contributed by atoms with Crippen molar-refractivity contribution in [1.82, 2.24) is 9.88 Å². The Bertz CT molecular complexity index is 651. The normalized spacial score (nSPS) is 20.7. The van der Waals surface area contributed by atoms with Crippen molar-refractivity contribution in [2.45, 2.75) is 19.8 Å². The zero-order valence-corrected chi connectivity index (χ0v) is 13.1. The van der Waals surface area contributed by atoms with Crippen LogP contribution in [0.4, 0.5) is 5.13 Å². The summed E-state index contributed by atoms with van der Waals surface area (Å²) in [5, 5.41) is 0.441. The molecule has 1 fully saturated rings. The van der Waals surface area contributed by atoms with E-state index in [1.54, 1.807) is 6.20 Å². The van der Waals surface area contributed by atoms with Crippen LogP contribution in [0.2, 0.25) is 0 Å². The maximum atomic E-state index is 12.6. The van der Waals surface area contributed by atoms with E-state index in [1.807, 2.05) is 11.0 Å². The molecule has 1 aliphatic rings. The van der Waals surface area contributed by atoms with E-state index >= 15 is 0 Å². The van der Waals surface area contributed by atoms with E-state index in [2.05, 4.69) is 43.1 Å². The third kappa shape index (κ3) is 2.65. The molecule has 1 atom stereocenters. The van der Waals surface area contributed by atoms with Crippen molar-refractivity contribution >= 4 is 22.4 Å². The van der Waals surface area contributed by atoms with Crippen LogP contribution in [0.1, 0.15) is 35.0 Å². The second-order valence-corrected chi connectivity index (χ2v) is 7.26. The molecule has 0 saturated carbocycles. The lowest BCUT2D eigenvalue weighted by molar-refractivity contribution is 0.0782. The minimum atomic E-state index is 0.0377. The van der Waals surface area contributed by atoms with E-state index in [0.717, 1.165) is 13.1 Å². The molecule has 0 unspecified atom stereocenters. The first-order valence-electron chi connectivity index (χ1n) is 7.03. The van der Waals surface area contributed by atoms with Gasteiger partial charge in [-0.05, 0) is 11.0 Å². The minimum absolute atomic E-state index is 0.0377. The number of likely N-dealkylation sites (tertiary alicyclic amines) is 1. The van der Waals surface area contributed by atoms with Gasteiger partial charge in [-0.3, -0.25) is 4.79 Å². The molecule has 2 aromatic rings. The average molecular weight is 301 g/mol. The van der Waals surface area contributed by atoms with Gasteiger partial charge in [0.05, 0.1) is 6.20 Å². The van der Waals surface area contributed by atoms with E-state index in [9.17, 15) is 4.79 Å². The zero-order chi connectivity index (χ0) is 15.0. The Balaban J connectivity index is 1.83. The summed E-state index contributed by atoms with van der Waals surface area (Å²) in [6.07, 6.45) is 1.57. The molecule has 0 spiro atoms. The summed E-state index contributed by atoms with van der Waals surface area (Å²) < 4.78 is 0. The van der Waals surface area contributed by atoms with E-state index in [-0.39, 0.29) is 11.3 Å². The van der Waals surface area contributed by atoms with Crippen LogP contribution < -0.4 is 5.73 Å². The Kier molecular flexibility index (Phi) is 3.45. The maximum absolute atomic E-state index is 12.6. The van der Waals surface area contributed by atoms with Crippen LogP contribution in [-0.2, 0) is 0 Å². The highest BCUT2D eigenvalue weighted by Crippen LogP contribution is 2.42. The first-order chi connectivity index (χ1) is 9.97. The van der Waals surface area contributed by atoms with Crippen LogP contribution >= 0.6 is 11.3 Å². The van der Waals surface area contributed by atoms with Gasteiger partial charge in [0.1, 0.15) is 4.88 Å². The average Bonchev–Trinajstić information content (AvgIpc) is 3.02. The van der Waals surface area contributed by atoms with Gasteiger partial charge >= 0.3 is 0 Å². The number of hydrogen-bond acceptors (Lipinski definition) is 4. The number of anilines is 1. The molecule has 3 rings (SSSR count). The van der Waals surface area contributed by atoms with Gasteiger partial charge in [-0.1, -0.05) is 55.5 Å².